The normalized spacial score (nSPS) is 11.1. The van der Waals surface area contributed by atoms with Gasteiger partial charge in [-0.25, -0.2) is 0 Å². The third-order valence-electron chi connectivity index (χ3n) is 6.38. The van der Waals surface area contributed by atoms with Gasteiger partial charge in [0.1, 0.15) is 0 Å². The zero-order valence-corrected chi connectivity index (χ0v) is 18.8. The summed E-state index contributed by atoms with van der Waals surface area (Å²) in [6.07, 6.45) is 1.89. The second-order valence-corrected chi connectivity index (χ2v) is 8.36. The Bertz CT molecular complexity index is 1550. The summed E-state index contributed by atoms with van der Waals surface area (Å²) in [7, 11) is 0. The van der Waals surface area contributed by atoms with Gasteiger partial charge in [-0.2, -0.15) is 0 Å². The monoisotopic (exact) mass is 436 g/mol. The van der Waals surface area contributed by atoms with Gasteiger partial charge >= 0.3 is 0 Å². The number of nitrogens with zero attached hydrogens (tertiary/aromatic N) is 2. The van der Waals surface area contributed by atoms with Gasteiger partial charge in [-0.15, -0.1) is 0 Å². The van der Waals surface area contributed by atoms with E-state index in [0.29, 0.717) is 0 Å². The van der Waals surface area contributed by atoms with E-state index in [1.165, 1.54) is 32.9 Å². The molecule has 0 aliphatic heterocycles. The summed E-state index contributed by atoms with van der Waals surface area (Å²) >= 11 is 0. The molecule has 0 fully saturated rings. The maximum absolute atomic E-state index is 4.02. The molecular formula is C32H24N2. The standard InChI is InChI=1S/C32H24N2/c1-2-33-31-16-10-9-15-29(31)30-23-25(19-22-32(30)33)24-17-20-28(21-18-24)34(26-11-5-3-6-12-26)27-13-7-4-8-14-27/h2-23H,1H2. The largest absolute Gasteiger partial charge is 0.317 e. The Balaban J connectivity index is 1.43. The number of hydrogen-bond acceptors (Lipinski definition) is 1. The summed E-state index contributed by atoms with van der Waals surface area (Å²) in [4.78, 5) is 2.28. The third kappa shape index (κ3) is 3.37. The average molecular weight is 437 g/mol. The Kier molecular flexibility index (Phi) is 4.97. The van der Waals surface area contributed by atoms with Crippen molar-refractivity contribution in [1.29, 1.82) is 0 Å². The molecule has 2 nitrogen and oxygen atoms in total. The molecule has 1 aromatic heterocycles. The maximum atomic E-state index is 4.02. The first kappa shape index (κ1) is 20.1. The van der Waals surface area contributed by atoms with Crippen molar-refractivity contribution in [3.63, 3.8) is 0 Å². The van der Waals surface area contributed by atoms with Gasteiger partial charge < -0.3 is 9.47 Å². The van der Waals surface area contributed by atoms with Crippen molar-refractivity contribution in [3.05, 3.63) is 134 Å². The van der Waals surface area contributed by atoms with Crippen molar-refractivity contribution in [2.24, 2.45) is 0 Å². The van der Waals surface area contributed by atoms with Gasteiger partial charge in [0, 0.05) is 34.0 Å². The van der Waals surface area contributed by atoms with Gasteiger partial charge in [-0.05, 0) is 65.7 Å². The summed E-state index contributed by atoms with van der Waals surface area (Å²) in [5.41, 5.74) is 8.17. The van der Waals surface area contributed by atoms with Crippen LogP contribution in [0.5, 0.6) is 0 Å². The molecule has 5 aromatic carbocycles. The van der Waals surface area contributed by atoms with Crippen molar-refractivity contribution >= 4 is 45.1 Å². The highest BCUT2D eigenvalue weighted by molar-refractivity contribution is 6.10. The van der Waals surface area contributed by atoms with Crippen LogP contribution in [0.1, 0.15) is 0 Å². The Hall–Kier alpha value is -4.56. The molecule has 0 radical (unpaired) electrons. The van der Waals surface area contributed by atoms with E-state index in [4.69, 9.17) is 0 Å². The minimum Gasteiger partial charge on any atom is -0.317 e. The van der Waals surface area contributed by atoms with Gasteiger partial charge in [-0.3, -0.25) is 0 Å². The smallest absolute Gasteiger partial charge is 0.0535 e. The molecule has 0 amide bonds. The number of anilines is 3. The lowest BCUT2D eigenvalue weighted by molar-refractivity contribution is 1.28. The Morgan fingerprint density at radius 2 is 1.03 bits per heavy atom. The van der Waals surface area contributed by atoms with E-state index in [-0.39, 0.29) is 0 Å². The highest BCUT2D eigenvalue weighted by Crippen LogP contribution is 2.36. The van der Waals surface area contributed by atoms with E-state index in [1.54, 1.807) is 0 Å². The quantitative estimate of drug-likeness (QED) is 0.262. The zero-order valence-electron chi connectivity index (χ0n) is 18.8. The predicted octanol–water partition coefficient (Wildman–Crippen LogP) is 9.03. The van der Waals surface area contributed by atoms with Crippen LogP contribution in [-0.2, 0) is 0 Å². The summed E-state index contributed by atoms with van der Waals surface area (Å²) < 4.78 is 2.16. The molecule has 0 unspecified atom stereocenters. The van der Waals surface area contributed by atoms with E-state index >= 15 is 0 Å². The third-order valence-corrected chi connectivity index (χ3v) is 6.38. The van der Waals surface area contributed by atoms with Crippen molar-refractivity contribution < 1.29 is 0 Å². The Labute approximate surface area is 199 Å². The zero-order chi connectivity index (χ0) is 22.9. The molecule has 6 aromatic rings. The fourth-order valence-electron chi connectivity index (χ4n) is 4.78. The molecule has 0 aliphatic carbocycles. The molecule has 0 bridgehead atoms. The fourth-order valence-corrected chi connectivity index (χ4v) is 4.78. The van der Waals surface area contributed by atoms with Crippen molar-refractivity contribution in [2.45, 2.75) is 0 Å². The van der Waals surface area contributed by atoms with Crippen LogP contribution in [0, 0.1) is 0 Å². The number of para-hydroxylation sites is 3. The molecule has 1 heterocycles. The van der Waals surface area contributed by atoms with Crippen LogP contribution < -0.4 is 4.90 Å². The summed E-state index contributed by atoms with van der Waals surface area (Å²) in [5, 5.41) is 2.49. The molecule has 0 saturated carbocycles. The number of rotatable bonds is 5. The lowest BCUT2D eigenvalue weighted by Gasteiger charge is -2.25. The van der Waals surface area contributed by atoms with Crippen LogP contribution in [0.15, 0.2) is 134 Å². The van der Waals surface area contributed by atoms with Gasteiger partial charge in [0.25, 0.3) is 0 Å². The Morgan fingerprint density at radius 1 is 0.500 bits per heavy atom. The summed E-state index contributed by atoms with van der Waals surface area (Å²) in [6.45, 7) is 4.02. The van der Waals surface area contributed by atoms with Gasteiger partial charge in [0.15, 0.2) is 0 Å². The van der Waals surface area contributed by atoms with Crippen LogP contribution in [0.3, 0.4) is 0 Å². The number of fused-ring (bicyclic) bond motifs is 3. The van der Waals surface area contributed by atoms with Crippen LogP contribution in [0.2, 0.25) is 0 Å². The van der Waals surface area contributed by atoms with Gasteiger partial charge in [-0.1, -0.05) is 79.4 Å². The van der Waals surface area contributed by atoms with Crippen LogP contribution in [0.4, 0.5) is 17.1 Å². The van der Waals surface area contributed by atoms with Crippen molar-refractivity contribution in [1.82, 2.24) is 4.57 Å². The first-order valence-corrected chi connectivity index (χ1v) is 11.5. The van der Waals surface area contributed by atoms with Crippen LogP contribution >= 0.6 is 0 Å². The lowest BCUT2D eigenvalue weighted by atomic mass is 10.0. The summed E-state index contributed by atoms with van der Waals surface area (Å²) in [6, 6.07) is 45.0. The minimum atomic E-state index is 1.13. The number of benzene rings is 5. The van der Waals surface area contributed by atoms with E-state index in [9.17, 15) is 0 Å². The minimum absolute atomic E-state index is 1.13. The molecule has 0 atom stereocenters. The molecule has 0 aliphatic rings. The topological polar surface area (TPSA) is 8.17 Å². The molecular weight excluding hydrogens is 412 g/mol. The van der Waals surface area contributed by atoms with E-state index in [2.05, 4.69) is 143 Å². The molecule has 0 N–H and O–H groups in total. The lowest BCUT2D eigenvalue weighted by Crippen LogP contribution is -2.09. The predicted molar refractivity (Wildman–Crippen MR) is 146 cm³/mol. The van der Waals surface area contributed by atoms with Crippen LogP contribution in [-0.4, -0.2) is 4.57 Å². The molecule has 6 rings (SSSR count). The maximum Gasteiger partial charge on any atom is 0.0535 e. The van der Waals surface area contributed by atoms with Crippen molar-refractivity contribution in [2.75, 3.05) is 4.90 Å². The first-order chi connectivity index (χ1) is 16.8. The molecule has 0 spiro atoms. The second kappa shape index (κ2) is 8.42. The molecule has 2 heteroatoms. The van der Waals surface area contributed by atoms with Gasteiger partial charge in [0.2, 0.25) is 0 Å². The summed E-state index contributed by atoms with van der Waals surface area (Å²) in [5.74, 6) is 0. The highest BCUT2D eigenvalue weighted by Gasteiger charge is 2.13. The van der Waals surface area contributed by atoms with E-state index < -0.39 is 0 Å². The number of hydrogen-bond donors (Lipinski definition) is 0. The highest BCUT2D eigenvalue weighted by atomic mass is 15.1. The second-order valence-electron chi connectivity index (χ2n) is 8.36. The SMILES string of the molecule is C=Cn1c2ccccc2c2cc(-c3ccc(N(c4ccccc4)c4ccccc4)cc3)ccc21. The molecule has 162 valence electrons. The fraction of sp³-hybridized carbons (Fsp3) is 0. The first-order valence-electron chi connectivity index (χ1n) is 11.5. The molecule has 34 heavy (non-hydrogen) atoms. The number of aromatic nitrogens is 1. The van der Waals surface area contributed by atoms with Crippen molar-refractivity contribution in [3.8, 4) is 11.1 Å². The molecule has 0 saturated heterocycles. The van der Waals surface area contributed by atoms with Crippen LogP contribution in [0.25, 0.3) is 39.1 Å². The van der Waals surface area contributed by atoms with E-state index in [0.717, 1.165) is 17.1 Å². The van der Waals surface area contributed by atoms with E-state index in [1.807, 2.05) is 6.20 Å². The Morgan fingerprint density at radius 3 is 1.68 bits per heavy atom. The van der Waals surface area contributed by atoms with Gasteiger partial charge in [0.05, 0.1) is 11.0 Å². The average Bonchev–Trinajstić information content (AvgIpc) is 3.23.